The van der Waals surface area contributed by atoms with E-state index in [1.807, 2.05) is 78.9 Å². The molecule has 4 aromatic rings. The minimum Gasteiger partial charge on any atom is -0.497 e. The van der Waals surface area contributed by atoms with Gasteiger partial charge >= 0.3 is 0 Å². The number of nitrogen functional groups attached to an aromatic ring is 1. The second-order valence-corrected chi connectivity index (χ2v) is 9.40. The van der Waals surface area contributed by atoms with Crippen LogP contribution in [-0.2, 0) is 19.6 Å². The molecule has 5 nitrogen and oxygen atoms in total. The number of nitrogens with two attached hydrogens (primary N) is 1. The fourth-order valence-corrected chi connectivity index (χ4v) is 4.42. The van der Waals surface area contributed by atoms with Crippen LogP contribution in [0.2, 0.25) is 0 Å². The molecular formula is C32H36N2O3. The highest BCUT2D eigenvalue weighted by Gasteiger charge is 2.20. The average molecular weight is 497 g/mol. The van der Waals surface area contributed by atoms with Gasteiger partial charge in [-0.1, -0.05) is 78.9 Å². The Morgan fingerprint density at radius 2 is 1.46 bits per heavy atom. The van der Waals surface area contributed by atoms with Gasteiger partial charge in [0.05, 0.1) is 18.9 Å². The predicted octanol–water partition coefficient (Wildman–Crippen LogP) is 6.02. The molecule has 0 aliphatic heterocycles. The summed E-state index contributed by atoms with van der Waals surface area (Å²) in [7, 11) is 1.68. The summed E-state index contributed by atoms with van der Waals surface area (Å²) in [4.78, 5) is 2.32. The van der Waals surface area contributed by atoms with E-state index < -0.39 is 6.10 Å². The normalized spacial score (nSPS) is 12.8. The van der Waals surface area contributed by atoms with Crippen molar-refractivity contribution in [3.63, 3.8) is 0 Å². The monoisotopic (exact) mass is 496 g/mol. The van der Waals surface area contributed by atoms with E-state index in [2.05, 4.69) is 36.1 Å². The second-order valence-electron chi connectivity index (χ2n) is 9.40. The standard InChI is InChI=1S/C32H36N2O3/c1-24(19-25-13-16-29(36-2)17-14-25)34(21-26-9-5-3-6-10-26)22-31(35)28-15-18-32(30(33)20-28)37-23-27-11-7-4-8-12-27/h3-18,20,24,31,35H,19,21-23,33H2,1-2H3/t24-,31-/m0/s1. The first-order valence-corrected chi connectivity index (χ1v) is 12.7. The Kier molecular flexibility index (Phi) is 9.19. The van der Waals surface area contributed by atoms with Crippen LogP contribution in [0.1, 0.15) is 35.3 Å². The van der Waals surface area contributed by atoms with E-state index in [9.17, 15) is 5.11 Å². The molecule has 3 N–H and O–H groups in total. The van der Waals surface area contributed by atoms with Crippen molar-refractivity contribution in [2.24, 2.45) is 0 Å². The summed E-state index contributed by atoms with van der Waals surface area (Å²) in [6, 6.07) is 34.3. The summed E-state index contributed by atoms with van der Waals surface area (Å²) in [5.41, 5.74) is 11.1. The minimum absolute atomic E-state index is 0.203. The third-order valence-electron chi connectivity index (χ3n) is 6.61. The average Bonchev–Trinajstić information content (AvgIpc) is 2.93. The summed E-state index contributed by atoms with van der Waals surface area (Å²) in [5.74, 6) is 1.47. The Morgan fingerprint density at radius 3 is 2.08 bits per heavy atom. The van der Waals surface area contributed by atoms with Gasteiger partial charge < -0.3 is 20.3 Å². The molecule has 4 aromatic carbocycles. The zero-order chi connectivity index (χ0) is 26.0. The van der Waals surface area contributed by atoms with Crippen LogP contribution < -0.4 is 15.2 Å². The van der Waals surface area contributed by atoms with Crippen LogP contribution >= 0.6 is 0 Å². The quantitative estimate of drug-likeness (QED) is 0.235. The summed E-state index contributed by atoms with van der Waals surface area (Å²) < 4.78 is 11.2. The van der Waals surface area contributed by atoms with Gasteiger partial charge in [-0.05, 0) is 59.9 Å². The van der Waals surface area contributed by atoms with Crippen molar-refractivity contribution >= 4 is 5.69 Å². The minimum atomic E-state index is -0.687. The van der Waals surface area contributed by atoms with Gasteiger partial charge in [-0.25, -0.2) is 0 Å². The van der Waals surface area contributed by atoms with E-state index in [0.717, 1.165) is 29.8 Å². The number of rotatable bonds is 12. The molecule has 192 valence electrons. The number of benzene rings is 4. The van der Waals surface area contributed by atoms with Gasteiger partial charge in [0.25, 0.3) is 0 Å². The molecule has 0 saturated heterocycles. The Bertz CT molecular complexity index is 1230. The molecule has 5 heteroatoms. The Hall–Kier alpha value is -3.80. The van der Waals surface area contributed by atoms with E-state index in [0.29, 0.717) is 24.6 Å². The molecular weight excluding hydrogens is 460 g/mol. The van der Waals surface area contributed by atoms with E-state index in [4.69, 9.17) is 15.2 Å². The zero-order valence-corrected chi connectivity index (χ0v) is 21.6. The van der Waals surface area contributed by atoms with Gasteiger partial charge in [0.15, 0.2) is 0 Å². The number of hydrogen-bond donors (Lipinski definition) is 2. The highest BCUT2D eigenvalue weighted by atomic mass is 16.5. The highest BCUT2D eigenvalue weighted by Crippen LogP contribution is 2.28. The molecule has 0 aromatic heterocycles. The fraction of sp³-hybridized carbons (Fsp3) is 0.250. The lowest BCUT2D eigenvalue weighted by atomic mass is 10.0. The highest BCUT2D eigenvalue weighted by molar-refractivity contribution is 5.54. The predicted molar refractivity (Wildman–Crippen MR) is 150 cm³/mol. The summed E-state index contributed by atoms with van der Waals surface area (Å²) >= 11 is 0. The third-order valence-corrected chi connectivity index (χ3v) is 6.61. The fourth-order valence-electron chi connectivity index (χ4n) is 4.42. The van der Waals surface area contributed by atoms with Crippen LogP contribution in [-0.4, -0.2) is 29.7 Å². The lowest BCUT2D eigenvalue weighted by Gasteiger charge is -2.31. The first-order valence-electron chi connectivity index (χ1n) is 12.7. The van der Waals surface area contributed by atoms with Gasteiger partial charge in [-0.3, -0.25) is 4.90 Å². The van der Waals surface area contributed by atoms with Gasteiger partial charge in [0, 0.05) is 19.1 Å². The molecule has 0 radical (unpaired) electrons. The maximum absolute atomic E-state index is 11.2. The molecule has 0 spiro atoms. The number of methoxy groups -OCH3 is 1. The number of hydrogen-bond acceptors (Lipinski definition) is 5. The van der Waals surface area contributed by atoms with Crippen LogP contribution in [0.4, 0.5) is 5.69 Å². The molecule has 2 atom stereocenters. The number of anilines is 1. The van der Waals surface area contributed by atoms with Crippen LogP contribution in [0.15, 0.2) is 103 Å². The van der Waals surface area contributed by atoms with E-state index in [1.54, 1.807) is 7.11 Å². The van der Waals surface area contributed by atoms with Crippen LogP contribution in [0, 0.1) is 0 Å². The number of aliphatic hydroxyl groups is 1. The maximum Gasteiger partial charge on any atom is 0.142 e. The van der Waals surface area contributed by atoms with Gasteiger partial charge in [0.1, 0.15) is 18.1 Å². The molecule has 0 unspecified atom stereocenters. The molecule has 4 rings (SSSR count). The smallest absolute Gasteiger partial charge is 0.142 e. The van der Waals surface area contributed by atoms with E-state index >= 15 is 0 Å². The lowest BCUT2D eigenvalue weighted by Crippen LogP contribution is -2.37. The molecule has 0 aliphatic rings. The van der Waals surface area contributed by atoms with Crippen molar-refractivity contribution < 1.29 is 14.6 Å². The van der Waals surface area contributed by atoms with E-state index in [1.165, 1.54) is 11.1 Å². The number of nitrogens with zero attached hydrogens (tertiary/aromatic N) is 1. The molecule has 0 bridgehead atoms. The Balaban J connectivity index is 1.45. The van der Waals surface area contributed by atoms with Crippen molar-refractivity contribution in [1.29, 1.82) is 0 Å². The molecule has 0 fully saturated rings. The SMILES string of the molecule is COc1ccc(C[C@H](C)N(Cc2ccccc2)C[C@H](O)c2ccc(OCc3ccccc3)c(N)c2)cc1. The van der Waals surface area contributed by atoms with Crippen LogP contribution in [0.25, 0.3) is 0 Å². The molecule has 0 aliphatic carbocycles. The Morgan fingerprint density at radius 1 is 0.811 bits per heavy atom. The van der Waals surface area contributed by atoms with Crippen LogP contribution in [0.3, 0.4) is 0 Å². The first kappa shape index (κ1) is 26.3. The second kappa shape index (κ2) is 12.9. The summed E-state index contributed by atoms with van der Waals surface area (Å²) in [6.07, 6.45) is 0.172. The number of ether oxygens (including phenoxy) is 2. The van der Waals surface area contributed by atoms with Crippen molar-refractivity contribution in [2.75, 3.05) is 19.4 Å². The summed E-state index contributed by atoms with van der Waals surface area (Å²) in [6.45, 7) is 3.87. The van der Waals surface area contributed by atoms with Gasteiger partial charge in [0.2, 0.25) is 0 Å². The summed E-state index contributed by atoms with van der Waals surface area (Å²) in [5, 5.41) is 11.2. The molecule has 0 saturated carbocycles. The van der Waals surface area contributed by atoms with Crippen molar-refractivity contribution in [1.82, 2.24) is 4.90 Å². The topological polar surface area (TPSA) is 68.0 Å². The largest absolute Gasteiger partial charge is 0.497 e. The maximum atomic E-state index is 11.2. The van der Waals surface area contributed by atoms with Gasteiger partial charge in [-0.2, -0.15) is 0 Å². The third kappa shape index (κ3) is 7.59. The van der Waals surface area contributed by atoms with Crippen molar-refractivity contribution in [2.45, 2.75) is 38.6 Å². The Labute approximate surface area is 220 Å². The molecule has 37 heavy (non-hydrogen) atoms. The van der Waals surface area contributed by atoms with E-state index in [-0.39, 0.29) is 6.04 Å². The molecule has 0 heterocycles. The van der Waals surface area contributed by atoms with Crippen LogP contribution in [0.5, 0.6) is 11.5 Å². The van der Waals surface area contributed by atoms with Crippen molar-refractivity contribution in [3.8, 4) is 11.5 Å². The first-order chi connectivity index (χ1) is 18.0. The number of aliphatic hydroxyl groups excluding tert-OH is 1. The van der Waals surface area contributed by atoms with Crippen molar-refractivity contribution in [3.05, 3.63) is 125 Å². The van der Waals surface area contributed by atoms with Gasteiger partial charge in [-0.15, -0.1) is 0 Å². The zero-order valence-electron chi connectivity index (χ0n) is 21.6. The molecule has 0 amide bonds. The lowest BCUT2D eigenvalue weighted by molar-refractivity contribution is 0.0859.